The van der Waals surface area contributed by atoms with Gasteiger partial charge < -0.3 is 15.5 Å². The molecule has 1 aromatic carbocycles. The molecule has 0 fully saturated rings. The lowest BCUT2D eigenvalue weighted by atomic mass is 10.0. The van der Waals surface area contributed by atoms with Gasteiger partial charge in [0.1, 0.15) is 0 Å². The monoisotopic (exact) mass is 246 g/mol. The zero-order valence-corrected chi connectivity index (χ0v) is 10.4. The maximum atomic E-state index is 9.24. The maximum absolute atomic E-state index is 9.24. The van der Waals surface area contributed by atoms with E-state index in [-0.39, 0.29) is 13.2 Å². The van der Waals surface area contributed by atoms with Gasteiger partial charge in [-0.3, -0.25) is 4.98 Å². The minimum Gasteiger partial charge on any atom is -0.394 e. The van der Waals surface area contributed by atoms with Gasteiger partial charge in [0.15, 0.2) is 0 Å². The van der Waals surface area contributed by atoms with Crippen molar-refractivity contribution in [3.8, 4) is 0 Å². The number of benzene rings is 1. The van der Waals surface area contributed by atoms with Crippen molar-refractivity contribution in [3.63, 3.8) is 0 Å². The van der Waals surface area contributed by atoms with Gasteiger partial charge in [0, 0.05) is 24.3 Å². The zero-order chi connectivity index (χ0) is 13.0. The molecular formula is C14H18N2O2. The Labute approximate surface area is 106 Å². The highest BCUT2D eigenvalue weighted by Crippen LogP contribution is 2.18. The van der Waals surface area contributed by atoms with Gasteiger partial charge in [0.2, 0.25) is 0 Å². The van der Waals surface area contributed by atoms with Crippen LogP contribution in [-0.2, 0) is 6.54 Å². The molecule has 3 N–H and O–H groups in total. The third kappa shape index (κ3) is 2.67. The van der Waals surface area contributed by atoms with Crippen LogP contribution < -0.4 is 5.32 Å². The second kappa shape index (κ2) is 5.44. The van der Waals surface area contributed by atoms with Gasteiger partial charge in [-0.05, 0) is 23.9 Å². The first-order valence-corrected chi connectivity index (χ1v) is 5.97. The Bertz CT molecular complexity index is 519. The first-order chi connectivity index (χ1) is 8.68. The summed E-state index contributed by atoms with van der Waals surface area (Å²) in [6, 6.07) is 8.01. The highest BCUT2D eigenvalue weighted by molar-refractivity contribution is 5.84. The van der Waals surface area contributed by atoms with Gasteiger partial charge in [-0.1, -0.05) is 18.2 Å². The summed E-state index contributed by atoms with van der Waals surface area (Å²) in [5, 5.41) is 23.9. The molecule has 0 saturated heterocycles. The molecule has 96 valence electrons. The number of hydrogen-bond acceptors (Lipinski definition) is 4. The Kier molecular flexibility index (Phi) is 3.91. The number of aliphatic hydroxyl groups is 2. The fourth-order valence-corrected chi connectivity index (χ4v) is 1.81. The van der Waals surface area contributed by atoms with Crippen molar-refractivity contribution in [2.45, 2.75) is 19.0 Å². The summed E-state index contributed by atoms with van der Waals surface area (Å²) in [4.78, 5) is 4.09. The quantitative estimate of drug-likeness (QED) is 0.738. The second-order valence-corrected chi connectivity index (χ2v) is 4.74. The number of nitrogens with one attached hydrogen (secondary N) is 1. The molecule has 0 amide bonds. The van der Waals surface area contributed by atoms with Crippen molar-refractivity contribution in [2.24, 2.45) is 0 Å². The molecule has 0 aliphatic rings. The number of aliphatic hydroxyl groups excluding tert-OH is 2. The van der Waals surface area contributed by atoms with E-state index in [1.165, 1.54) is 0 Å². The van der Waals surface area contributed by atoms with E-state index < -0.39 is 5.54 Å². The molecule has 0 spiro atoms. The van der Waals surface area contributed by atoms with Crippen LogP contribution in [-0.4, -0.2) is 33.9 Å². The third-order valence-corrected chi connectivity index (χ3v) is 3.17. The number of hydrogen-bond donors (Lipinski definition) is 3. The number of aromatic nitrogens is 1. The largest absolute Gasteiger partial charge is 0.394 e. The number of nitrogens with zero attached hydrogens (tertiary/aromatic N) is 1. The molecule has 1 aromatic heterocycles. The third-order valence-electron chi connectivity index (χ3n) is 3.17. The molecule has 1 heterocycles. The molecule has 0 atom stereocenters. The number of pyridine rings is 1. The zero-order valence-electron chi connectivity index (χ0n) is 10.4. The summed E-state index contributed by atoms with van der Waals surface area (Å²) in [7, 11) is 0. The molecule has 0 saturated carbocycles. The van der Waals surface area contributed by atoms with Gasteiger partial charge in [0.25, 0.3) is 0 Å². The van der Waals surface area contributed by atoms with Crippen LogP contribution >= 0.6 is 0 Å². The normalized spacial score (nSPS) is 11.9. The molecule has 4 nitrogen and oxygen atoms in total. The Morgan fingerprint density at radius 2 is 2.00 bits per heavy atom. The van der Waals surface area contributed by atoms with Gasteiger partial charge in [-0.25, -0.2) is 0 Å². The van der Waals surface area contributed by atoms with Crippen LogP contribution in [0.5, 0.6) is 0 Å². The Hall–Kier alpha value is -1.49. The fraction of sp³-hybridized carbons (Fsp3) is 0.357. The molecule has 18 heavy (non-hydrogen) atoms. The molecule has 2 rings (SSSR count). The Morgan fingerprint density at radius 1 is 1.22 bits per heavy atom. The summed E-state index contributed by atoms with van der Waals surface area (Å²) in [5.74, 6) is 0. The molecule has 0 bridgehead atoms. The summed E-state index contributed by atoms with van der Waals surface area (Å²) in [5.41, 5.74) is 0.470. The van der Waals surface area contributed by atoms with Crippen LogP contribution in [0, 0.1) is 0 Å². The molecule has 2 aromatic rings. The second-order valence-electron chi connectivity index (χ2n) is 4.74. The van der Waals surface area contributed by atoms with Crippen LogP contribution in [0.2, 0.25) is 0 Å². The highest BCUT2D eigenvalue weighted by Gasteiger charge is 2.21. The molecular weight excluding hydrogens is 228 g/mol. The molecule has 0 aliphatic heterocycles. The summed E-state index contributed by atoms with van der Waals surface area (Å²) in [6.07, 6.45) is 3.60. The highest BCUT2D eigenvalue weighted by atomic mass is 16.3. The van der Waals surface area contributed by atoms with E-state index in [4.69, 9.17) is 0 Å². The molecule has 0 unspecified atom stereocenters. The maximum Gasteiger partial charge on any atom is 0.0633 e. The predicted octanol–water partition coefficient (Wildman–Crippen LogP) is 1.07. The Morgan fingerprint density at radius 3 is 2.72 bits per heavy atom. The van der Waals surface area contributed by atoms with E-state index in [9.17, 15) is 10.2 Å². The van der Waals surface area contributed by atoms with Gasteiger partial charge in [0.05, 0.1) is 18.8 Å². The summed E-state index contributed by atoms with van der Waals surface area (Å²) < 4.78 is 0. The Balaban J connectivity index is 2.22. The lowest BCUT2D eigenvalue weighted by molar-refractivity contribution is 0.103. The molecule has 0 radical (unpaired) electrons. The van der Waals surface area contributed by atoms with Gasteiger partial charge in [-0.2, -0.15) is 0 Å². The van der Waals surface area contributed by atoms with Crippen LogP contribution in [0.25, 0.3) is 10.8 Å². The van der Waals surface area contributed by atoms with E-state index in [1.807, 2.05) is 30.5 Å². The first-order valence-electron chi connectivity index (χ1n) is 5.97. The minimum absolute atomic E-state index is 0.101. The van der Waals surface area contributed by atoms with E-state index in [2.05, 4.69) is 10.3 Å². The summed E-state index contributed by atoms with van der Waals surface area (Å²) >= 11 is 0. The topological polar surface area (TPSA) is 65.4 Å². The number of rotatable bonds is 5. The van der Waals surface area contributed by atoms with Crippen LogP contribution in [0.4, 0.5) is 0 Å². The van der Waals surface area contributed by atoms with Crippen LogP contribution in [0.15, 0.2) is 36.7 Å². The first kappa shape index (κ1) is 13.0. The standard InChI is InChI=1S/C14H18N2O2/c1-14(9-17,10-18)16-8-12-4-2-3-11-7-15-6-5-13(11)12/h2-7,16-18H,8-10H2,1H3. The van der Waals surface area contributed by atoms with Crippen molar-refractivity contribution in [1.82, 2.24) is 10.3 Å². The van der Waals surface area contributed by atoms with Crippen molar-refractivity contribution >= 4 is 10.8 Å². The van der Waals surface area contributed by atoms with E-state index in [0.717, 1.165) is 16.3 Å². The average Bonchev–Trinajstić information content (AvgIpc) is 2.44. The smallest absolute Gasteiger partial charge is 0.0633 e. The van der Waals surface area contributed by atoms with Gasteiger partial charge in [-0.15, -0.1) is 0 Å². The molecule has 0 aliphatic carbocycles. The summed E-state index contributed by atoms with van der Waals surface area (Å²) in [6.45, 7) is 2.18. The van der Waals surface area contributed by atoms with Crippen molar-refractivity contribution in [3.05, 3.63) is 42.2 Å². The fourth-order valence-electron chi connectivity index (χ4n) is 1.81. The van der Waals surface area contributed by atoms with E-state index in [1.54, 1.807) is 13.1 Å². The number of fused-ring (bicyclic) bond motifs is 1. The minimum atomic E-state index is -0.658. The van der Waals surface area contributed by atoms with Crippen LogP contribution in [0.3, 0.4) is 0 Å². The van der Waals surface area contributed by atoms with E-state index >= 15 is 0 Å². The average molecular weight is 246 g/mol. The van der Waals surface area contributed by atoms with Gasteiger partial charge >= 0.3 is 0 Å². The lowest BCUT2D eigenvalue weighted by Crippen LogP contribution is -2.48. The van der Waals surface area contributed by atoms with Crippen molar-refractivity contribution in [2.75, 3.05) is 13.2 Å². The SMILES string of the molecule is CC(CO)(CO)NCc1cccc2cnccc12. The predicted molar refractivity (Wildman–Crippen MR) is 71.2 cm³/mol. The molecule has 4 heteroatoms. The van der Waals surface area contributed by atoms with Crippen molar-refractivity contribution in [1.29, 1.82) is 0 Å². The van der Waals surface area contributed by atoms with Crippen LogP contribution in [0.1, 0.15) is 12.5 Å². The lowest BCUT2D eigenvalue weighted by Gasteiger charge is -2.26. The van der Waals surface area contributed by atoms with E-state index in [0.29, 0.717) is 6.54 Å². The van der Waals surface area contributed by atoms with Crippen molar-refractivity contribution < 1.29 is 10.2 Å².